The van der Waals surface area contributed by atoms with E-state index >= 15 is 0 Å². The van der Waals surface area contributed by atoms with Crippen LogP contribution in [0.4, 0.5) is 11.4 Å². The Morgan fingerprint density at radius 1 is 1.29 bits per heavy atom. The van der Waals surface area contributed by atoms with Crippen LogP contribution in [0.3, 0.4) is 0 Å². The minimum Gasteiger partial charge on any atom is -0.399 e. The number of rotatable bonds is 5. The van der Waals surface area contributed by atoms with Gasteiger partial charge < -0.3 is 16.0 Å². The fourth-order valence-electron chi connectivity index (χ4n) is 2.25. The molecule has 21 heavy (non-hydrogen) atoms. The first kappa shape index (κ1) is 15.3. The van der Waals surface area contributed by atoms with Crippen LogP contribution < -0.4 is 11.1 Å². The molecule has 0 spiro atoms. The highest BCUT2D eigenvalue weighted by atomic mass is 16.2. The number of carbonyl (C=O) groups is 2. The standard InChI is InChI=1S/C15H22N4O2/c1-18-9-10-19(11-15(18)21)8-2-3-14(20)17-13-6-4-12(16)5-7-13/h4-7H,2-3,8-11,16H2,1H3,(H,17,20). The molecule has 0 aromatic heterocycles. The summed E-state index contributed by atoms with van der Waals surface area (Å²) in [5.41, 5.74) is 7.02. The number of piperazine rings is 1. The van der Waals surface area contributed by atoms with Crippen LogP contribution in [0.2, 0.25) is 0 Å². The molecule has 0 unspecified atom stereocenters. The van der Waals surface area contributed by atoms with Crippen molar-refractivity contribution in [2.24, 2.45) is 0 Å². The number of benzene rings is 1. The van der Waals surface area contributed by atoms with Gasteiger partial charge in [0.05, 0.1) is 6.54 Å². The van der Waals surface area contributed by atoms with Gasteiger partial charge in [0, 0.05) is 37.9 Å². The fourth-order valence-corrected chi connectivity index (χ4v) is 2.25. The van der Waals surface area contributed by atoms with Gasteiger partial charge >= 0.3 is 0 Å². The number of hydrogen-bond donors (Lipinski definition) is 2. The summed E-state index contributed by atoms with van der Waals surface area (Å²) >= 11 is 0. The second-order valence-corrected chi connectivity index (χ2v) is 5.37. The van der Waals surface area contributed by atoms with E-state index in [0.29, 0.717) is 18.7 Å². The van der Waals surface area contributed by atoms with E-state index in [-0.39, 0.29) is 11.8 Å². The van der Waals surface area contributed by atoms with E-state index in [2.05, 4.69) is 10.2 Å². The van der Waals surface area contributed by atoms with Crippen molar-refractivity contribution in [3.05, 3.63) is 24.3 Å². The molecule has 3 N–H and O–H groups in total. The van der Waals surface area contributed by atoms with Crippen molar-refractivity contribution >= 4 is 23.2 Å². The first-order valence-electron chi connectivity index (χ1n) is 7.16. The van der Waals surface area contributed by atoms with Crippen LogP contribution in [0.15, 0.2) is 24.3 Å². The molecule has 0 saturated carbocycles. The number of likely N-dealkylation sites (N-methyl/N-ethyl adjacent to an activating group) is 1. The molecule has 0 bridgehead atoms. The van der Waals surface area contributed by atoms with Crippen LogP contribution >= 0.6 is 0 Å². The summed E-state index contributed by atoms with van der Waals surface area (Å²) in [6, 6.07) is 7.08. The van der Waals surface area contributed by atoms with Crippen LogP contribution in [-0.4, -0.2) is 54.8 Å². The second-order valence-electron chi connectivity index (χ2n) is 5.37. The number of nitrogens with two attached hydrogens (primary N) is 1. The normalized spacial score (nSPS) is 16.0. The van der Waals surface area contributed by atoms with E-state index in [1.165, 1.54) is 0 Å². The molecular weight excluding hydrogens is 268 g/mol. The summed E-state index contributed by atoms with van der Waals surface area (Å²) < 4.78 is 0. The minimum absolute atomic E-state index is 0.0137. The summed E-state index contributed by atoms with van der Waals surface area (Å²) in [5, 5.41) is 2.83. The van der Waals surface area contributed by atoms with Crippen molar-refractivity contribution < 1.29 is 9.59 Å². The topological polar surface area (TPSA) is 78.7 Å². The summed E-state index contributed by atoms with van der Waals surface area (Å²) in [5.74, 6) is 0.132. The smallest absolute Gasteiger partial charge is 0.236 e. The molecule has 0 aliphatic carbocycles. The van der Waals surface area contributed by atoms with Crippen molar-refractivity contribution in [1.82, 2.24) is 9.80 Å². The number of nitrogens with zero attached hydrogens (tertiary/aromatic N) is 2. The Balaban J connectivity index is 1.67. The van der Waals surface area contributed by atoms with Gasteiger partial charge in [-0.3, -0.25) is 14.5 Å². The number of amides is 2. The van der Waals surface area contributed by atoms with Crippen molar-refractivity contribution in [3.8, 4) is 0 Å². The maximum absolute atomic E-state index is 11.8. The highest BCUT2D eigenvalue weighted by Gasteiger charge is 2.20. The van der Waals surface area contributed by atoms with Crippen molar-refractivity contribution in [3.63, 3.8) is 0 Å². The van der Waals surface area contributed by atoms with Crippen LogP contribution in [-0.2, 0) is 9.59 Å². The third kappa shape index (κ3) is 4.75. The number of hydrogen-bond acceptors (Lipinski definition) is 4. The fraction of sp³-hybridized carbons (Fsp3) is 0.467. The molecular formula is C15H22N4O2. The average molecular weight is 290 g/mol. The highest BCUT2D eigenvalue weighted by Crippen LogP contribution is 2.11. The lowest BCUT2D eigenvalue weighted by Gasteiger charge is -2.31. The molecule has 6 heteroatoms. The molecule has 1 aliphatic heterocycles. The lowest BCUT2D eigenvalue weighted by atomic mass is 10.2. The molecule has 1 fully saturated rings. The SMILES string of the molecule is CN1CCN(CCCC(=O)Nc2ccc(N)cc2)CC1=O. The molecule has 2 rings (SSSR count). The van der Waals surface area contributed by atoms with Crippen molar-refractivity contribution in [1.29, 1.82) is 0 Å². The Morgan fingerprint density at radius 2 is 2.00 bits per heavy atom. The van der Waals surface area contributed by atoms with E-state index in [4.69, 9.17) is 5.73 Å². The predicted octanol–water partition coefficient (Wildman–Crippen LogP) is 0.761. The Labute approximate surface area is 124 Å². The molecule has 1 heterocycles. The zero-order valence-electron chi connectivity index (χ0n) is 12.3. The molecule has 0 atom stereocenters. The first-order valence-corrected chi connectivity index (χ1v) is 7.16. The maximum atomic E-state index is 11.8. The third-order valence-corrected chi connectivity index (χ3v) is 3.61. The summed E-state index contributed by atoms with van der Waals surface area (Å²) in [4.78, 5) is 27.2. The molecule has 1 aliphatic rings. The van der Waals surface area contributed by atoms with E-state index in [9.17, 15) is 9.59 Å². The van der Waals surface area contributed by atoms with Gasteiger partial charge in [-0.25, -0.2) is 0 Å². The van der Waals surface area contributed by atoms with Crippen LogP contribution in [0, 0.1) is 0 Å². The first-order chi connectivity index (χ1) is 10.0. The average Bonchev–Trinajstić information content (AvgIpc) is 2.45. The predicted molar refractivity (Wildman–Crippen MR) is 82.8 cm³/mol. The lowest BCUT2D eigenvalue weighted by molar-refractivity contribution is -0.134. The van der Waals surface area contributed by atoms with E-state index in [0.717, 1.165) is 31.7 Å². The zero-order valence-corrected chi connectivity index (χ0v) is 12.3. The van der Waals surface area contributed by atoms with Gasteiger partial charge in [-0.2, -0.15) is 0 Å². The van der Waals surface area contributed by atoms with Gasteiger partial charge in [0.25, 0.3) is 0 Å². The number of nitrogens with one attached hydrogen (secondary N) is 1. The molecule has 6 nitrogen and oxygen atoms in total. The van der Waals surface area contributed by atoms with Gasteiger partial charge in [0.15, 0.2) is 0 Å². The van der Waals surface area contributed by atoms with Crippen LogP contribution in [0.5, 0.6) is 0 Å². The molecule has 1 saturated heterocycles. The minimum atomic E-state index is -0.0137. The Kier molecular flexibility index (Phi) is 5.16. The van der Waals surface area contributed by atoms with Gasteiger partial charge in [-0.15, -0.1) is 0 Å². The Morgan fingerprint density at radius 3 is 2.67 bits per heavy atom. The Hall–Kier alpha value is -2.08. The summed E-state index contributed by atoms with van der Waals surface area (Å²) in [6.07, 6.45) is 1.20. The van der Waals surface area contributed by atoms with E-state index in [1.807, 2.05) is 7.05 Å². The van der Waals surface area contributed by atoms with Crippen molar-refractivity contribution in [2.45, 2.75) is 12.8 Å². The van der Waals surface area contributed by atoms with Gasteiger partial charge in [-0.1, -0.05) is 0 Å². The molecule has 2 amide bonds. The Bertz CT molecular complexity index is 501. The largest absolute Gasteiger partial charge is 0.399 e. The second kappa shape index (κ2) is 7.08. The van der Waals surface area contributed by atoms with Crippen LogP contribution in [0.1, 0.15) is 12.8 Å². The molecule has 1 aromatic rings. The monoisotopic (exact) mass is 290 g/mol. The maximum Gasteiger partial charge on any atom is 0.236 e. The van der Waals surface area contributed by atoms with Crippen LogP contribution in [0.25, 0.3) is 0 Å². The summed E-state index contributed by atoms with van der Waals surface area (Å²) in [6.45, 7) is 2.86. The van der Waals surface area contributed by atoms with Gasteiger partial charge in [0.1, 0.15) is 0 Å². The number of anilines is 2. The third-order valence-electron chi connectivity index (χ3n) is 3.61. The van der Waals surface area contributed by atoms with E-state index in [1.54, 1.807) is 29.2 Å². The number of carbonyl (C=O) groups excluding carboxylic acids is 2. The lowest BCUT2D eigenvalue weighted by Crippen LogP contribution is -2.48. The number of nitrogen functional groups attached to an aromatic ring is 1. The van der Waals surface area contributed by atoms with E-state index < -0.39 is 0 Å². The zero-order chi connectivity index (χ0) is 15.2. The molecule has 1 aromatic carbocycles. The van der Waals surface area contributed by atoms with Gasteiger partial charge in [-0.05, 0) is 37.2 Å². The summed E-state index contributed by atoms with van der Waals surface area (Å²) in [7, 11) is 1.82. The van der Waals surface area contributed by atoms with Crippen molar-refractivity contribution in [2.75, 3.05) is 44.3 Å². The molecule has 0 radical (unpaired) electrons. The quantitative estimate of drug-likeness (QED) is 0.785. The molecule has 114 valence electrons. The highest BCUT2D eigenvalue weighted by molar-refractivity contribution is 5.90. The van der Waals surface area contributed by atoms with Gasteiger partial charge in [0.2, 0.25) is 11.8 Å².